The highest BCUT2D eigenvalue weighted by Gasteiger charge is 2.25. The summed E-state index contributed by atoms with van der Waals surface area (Å²) in [6.45, 7) is 10.4. The zero-order valence-electron chi connectivity index (χ0n) is 7.15. The highest BCUT2D eigenvalue weighted by atomic mass is 31.2. The minimum atomic E-state index is -2.61. The van der Waals surface area contributed by atoms with E-state index >= 15 is 0 Å². The molecule has 0 rings (SSSR count). The van der Waals surface area contributed by atoms with Crippen LogP contribution in [0.15, 0.2) is 38.0 Å². The zero-order chi connectivity index (χ0) is 9.61. The Balaban J connectivity index is 4.58. The maximum Gasteiger partial charge on any atom is 0.125 e. The topological polar surface area (TPSA) is 37.3 Å². The summed E-state index contributed by atoms with van der Waals surface area (Å²) >= 11 is 0. The molecule has 1 atom stereocenters. The minimum Gasteiger partial charge on any atom is -0.381 e. The van der Waals surface area contributed by atoms with E-state index in [-0.39, 0.29) is 0 Å². The molecule has 0 amide bonds. The monoisotopic (exact) mass is 186 g/mol. The van der Waals surface area contributed by atoms with Gasteiger partial charge in [0.1, 0.15) is 13.0 Å². The number of hydrogen-bond donors (Lipinski definition) is 1. The summed E-state index contributed by atoms with van der Waals surface area (Å²) in [6.07, 6.45) is 5.06. The van der Waals surface area contributed by atoms with Crippen molar-refractivity contribution in [3.05, 3.63) is 38.0 Å². The van der Waals surface area contributed by atoms with Gasteiger partial charge < -0.3 is 9.67 Å². The van der Waals surface area contributed by atoms with E-state index in [0.717, 1.165) is 0 Å². The highest BCUT2D eigenvalue weighted by molar-refractivity contribution is 7.65. The molecule has 1 unspecified atom stereocenters. The largest absolute Gasteiger partial charge is 0.381 e. The highest BCUT2D eigenvalue weighted by Crippen LogP contribution is 2.49. The molecule has 0 aromatic rings. The molecule has 0 aliphatic carbocycles. The summed E-state index contributed by atoms with van der Waals surface area (Å²) in [6, 6.07) is 0. The second kappa shape index (κ2) is 5.13. The molecule has 0 radical (unpaired) electrons. The predicted molar refractivity (Wildman–Crippen MR) is 53.9 cm³/mol. The van der Waals surface area contributed by atoms with Crippen LogP contribution in [0.25, 0.3) is 0 Å². The second-order valence-corrected chi connectivity index (χ2v) is 5.71. The van der Waals surface area contributed by atoms with E-state index in [2.05, 4.69) is 19.7 Å². The maximum atomic E-state index is 11.9. The Labute approximate surface area is 73.7 Å². The van der Waals surface area contributed by atoms with Crippen LogP contribution in [0, 0.1) is 0 Å². The Hall–Kier alpha value is -0.590. The molecule has 0 bridgehead atoms. The molecule has 0 aliphatic rings. The molecule has 68 valence electrons. The first kappa shape index (κ1) is 11.4. The van der Waals surface area contributed by atoms with Crippen molar-refractivity contribution >= 4 is 7.14 Å². The van der Waals surface area contributed by atoms with Gasteiger partial charge in [0.15, 0.2) is 0 Å². The average Bonchev–Trinajstić information content (AvgIpc) is 2.04. The van der Waals surface area contributed by atoms with E-state index in [1.165, 1.54) is 6.08 Å². The zero-order valence-corrected chi connectivity index (χ0v) is 8.04. The maximum absolute atomic E-state index is 11.9. The molecule has 0 aromatic carbocycles. The van der Waals surface area contributed by atoms with E-state index < -0.39 is 13.0 Å². The van der Waals surface area contributed by atoms with Crippen LogP contribution >= 0.6 is 7.14 Å². The number of aliphatic hydroxyl groups is 1. The Morgan fingerprint density at radius 1 is 1.25 bits per heavy atom. The fourth-order valence-electron chi connectivity index (χ4n) is 0.920. The molecule has 0 spiro atoms. The predicted octanol–water partition coefficient (Wildman–Crippen LogP) is 2.23. The van der Waals surface area contributed by atoms with Gasteiger partial charge in [0, 0.05) is 12.3 Å². The van der Waals surface area contributed by atoms with Crippen LogP contribution in [0.4, 0.5) is 0 Å². The molecule has 0 saturated carbocycles. The van der Waals surface area contributed by atoms with Gasteiger partial charge in [0.05, 0.1) is 0 Å². The first-order chi connectivity index (χ1) is 5.60. The molecule has 2 nitrogen and oxygen atoms in total. The molecule has 3 heteroatoms. The molecule has 0 heterocycles. The lowest BCUT2D eigenvalue weighted by Gasteiger charge is -2.17. The van der Waals surface area contributed by atoms with Gasteiger partial charge in [-0.2, -0.15) is 0 Å². The standard InChI is InChI=1S/C9H15O2P/c1-4-7-12(11,8-5-2)9(10)6-3/h4-6,9-10H,1-3,7-8H2. The van der Waals surface area contributed by atoms with Crippen molar-refractivity contribution < 1.29 is 9.67 Å². The summed E-state index contributed by atoms with van der Waals surface area (Å²) in [4.78, 5) is 0. The Bertz CT molecular complexity index is 207. The van der Waals surface area contributed by atoms with Crippen LogP contribution in [0.3, 0.4) is 0 Å². The summed E-state index contributed by atoms with van der Waals surface area (Å²) in [5.74, 6) is -0.937. The number of aliphatic hydroxyl groups excluding tert-OH is 1. The third-order valence-electron chi connectivity index (χ3n) is 1.57. The number of rotatable bonds is 6. The number of allylic oxidation sites excluding steroid dienone is 2. The van der Waals surface area contributed by atoms with Crippen LogP contribution in [-0.2, 0) is 4.57 Å². The van der Waals surface area contributed by atoms with Crippen LogP contribution in [-0.4, -0.2) is 23.3 Å². The fourth-order valence-corrected chi connectivity index (χ4v) is 2.76. The van der Waals surface area contributed by atoms with Crippen LogP contribution in [0.2, 0.25) is 0 Å². The van der Waals surface area contributed by atoms with Gasteiger partial charge in [-0.05, 0) is 0 Å². The minimum absolute atomic E-state index is 0.326. The summed E-state index contributed by atoms with van der Waals surface area (Å²) < 4.78 is 11.9. The van der Waals surface area contributed by atoms with Crippen molar-refractivity contribution in [2.24, 2.45) is 0 Å². The van der Waals surface area contributed by atoms with Crippen molar-refractivity contribution in [1.82, 2.24) is 0 Å². The molecule has 0 saturated heterocycles. The van der Waals surface area contributed by atoms with Gasteiger partial charge in [-0.1, -0.05) is 18.2 Å². The molecule has 1 N–H and O–H groups in total. The lowest BCUT2D eigenvalue weighted by Crippen LogP contribution is -2.08. The van der Waals surface area contributed by atoms with Gasteiger partial charge in [-0.15, -0.1) is 19.7 Å². The summed E-state index contributed by atoms with van der Waals surface area (Å²) in [7, 11) is -2.61. The normalized spacial score (nSPS) is 13.4. The third kappa shape index (κ3) is 2.80. The third-order valence-corrected chi connectivity index (χ3v) is 4.50. The quantitative estimate of drug-likeness (QED) is 0.510. The van der Waals surface area contributed by atoms with E-state index in [4.69, 9.17) is 0 Å². The molecular weight excluding hydrogens is 171 g/mol. The van der Waals surface area contributed by atoms with Gasteiger partial charge in [0.2, 0.25) is 0 Å². The second-order valence-electron chi connectivity index (χ2n) is 2.54. The van der Waals surface area contributed by atoms with Crippen molar-refractivity contribution in [2.45, 2.75) is 5.85 Å². The summed E-state index contributed by atoms with van der Waals surface area (Å²) in [5.41, 5.74) is 0. The van der Waals surface area contributed by atoms with Crippen LogP contribution in [0.5, 0.6) is 0 Å². The van der Waals surface area contributed by atoms with Crippen molar-refractivity contribution in [3.63, 3.8) is 0 Å². The van der Waals surface area contributed by atoms with E-state index in [9.17, 15) is 9.67 Å². The smallest absolute Gasteiger partial charge is 0.125 e. The molecular formula is C9H15O2P. The van der Waals surface area contributed by atoms with Crippen molar-refractivity contribution in [3.8, 4) is 0 Å². The van der Waals surface area contributed by atoms with E-state index in [0.29, 0.717) is 12.3 Å². The molecule has 0 aliphatic heterocycles. The molecule has 12 heavy (non-hydrogen) atoms. The average molecular weight is 186 g/mol. The van der Waals surface area contributed by atoms with Crippen LogP contribution in [0.1, 0.15) is 0 Å². The number of hydrogen-bond acceptors (Lipinski definition) is 2. The fraction of sp³-hybridized carbons (Fsp3) is 0.333. The summed E-state index contributed by atoms with van der Waals surface area (Å²) in [5, 5.41) is 9.36. The van der Waals surface area contributed by atoms with E-state index in [1.807, 2.05) is 0 Å². The van der Waals surface area contributed by atoms with Gasteiger partial charge in [-0.3, -0.25) is 0 Å². The van der Waals surface area contributed by atoms with Gasteiger partial charge in [-0.25, -0.2) is 0 Å². The van der Waals surface area contributed by atoms with Crippen molar-refractivity contribution in [1.29, 1.82) is 0 Å². The Morgan fingerprint density at radius 2 is 1.67 bits per heavy atom. The lowest BCUT2D eigenvalue weighted by atomic mass is 10.7. The Morgan fingerprint density at radius 3 is 1.92 bits per heavy atom. The van der Waals surface area contributed by atoms with Crippen molar-refractivity contribution in [2.75, 3.05) is 12.3 Å². The first-order valence-corrected chi connectivity index (χ1v) is 5.85. The van der Waals surface area contributed by atoms with Gasteiger partial charge in [0.25, 0.3) is 0 Å². The van der Waals surface area contributed by atoms with Gasteiger partial charge >= 0.3 is 0 Å². The van der Waals surface area contributed by atoms with E-state index in [1.54, 1.807) is 12.2 Å². The lowest BCUT2D eigenvalue weighted by molar-refractivity contribution is 0.293. The van der Waals surface area contributed by atoms with Crippen LogP contribution < -0.4 is 0 Å². The molecule has 0 fully saturated rings. The SMILES string of the molecule is C=CCP(=O)(CC=C)C(O)C=C. The Kier molecular flexibility index (Phi) is 4.87. The first-order valence-electron chi connectivity index (χ1n) is 3.71. The molecule has 0 aromatic heterocycles.